The Kier molecular flexibility index (Phi) is 11.9. The second-order valence-electron chi connectivity index (χ2n) is 7.65. The summed E-state index contributed by atoms with van der Waals surface area (Å²) >= 11 is 0. The Balaban J connectivity index is 5.32. The number of hydrogen-bond acceptors (Lipinski definition) is 5. The van der Waals surface area contributed by atoms with Crippen LogP contribution in [0.1, 0.15) is 40.0 Å². The molecule has 0 aromatic heterocycles. The van der Waals surface area contributed by atoms with E-state index in [1.807, 2.05) is 39.8 Å². The van der Waals surface area contributed by atoms with Gasteiger partial charge in [0.25, 0.3) is 0 Å². The molecule has 27 heavy (non-hydrogen) atoms. The van der Waals surface area contributed by atoms with Gasteiger partial charge in [-0.25, -0.2) is 0 Å². The lowest BCUT2D eigenvalue weighted by molar-refractivity contribution is -0.149. The van der Waals surface area contributed by atoms with Crippen LogP contribution in [0.25, 0.3) is 0 Å². The highest BCUT2D eigenvalue weighted by atomic mass is 16.5. The van der Waals surface area contributed by atoms with Crippen molar-refractivity contribution in [2.24, 2.45) is 11.7 Å². The summed E-state index contributed by atoms with van der Waals surface area (Å²) in [7, 11) is 7.02. The normalized spacial score (nSPS) is 13.5. The van der Waals surface area contributed by atoms with Gasteiger partial charge in [-0.3, -0.25) is 14.4 Å². The van der Waals surface area contributed by atoms with Crippen molar-refractivity contribution in [2.45, 2.75) is 52.1 Å². The van der Waals surface area contributed by atoms with Crippen LogP contribution < -0.4 is 5.73 Å². The number of ether oxygens (including phenoxy) is 1. The molecule has 3 amide bonds. The summed E-state index contributed by atoms with van der Waals surface area (Å²) < 4.78 is 5.65. The lowest BCUT2D eigenvalue weighted by atomic mass is 10.0. The van der Waals surface area contributed by atoms with Crippen LogP contribution in [0.2, 0.25) is 0 Å². The summed E-state index contributed by atoms with van der Waals surface area (Å²) in [4.78, 5) is 42.0. The van der Waals surface area contributed by atoms with Gasteiger partial charge in [0.05, 0.1) is 13.2 Å². The molecule has 0 heterocycles. The molecule has 8 nitrogen and oxygen atoms in total. The number of likely N-dealkylation sites (N-methyl/N-ethyl adjacent to an activating group) is 3. The van der Waals surface area contributed by atoms with Crippen molar-refractivity contribution < 1.29 is 19.1 Å². The Labute approximate surface area is 164 Å². The van der Waals surface area contributed by atoms with E-state index in [2.05, 4.69) is 0 Å². The lowest BCUT2D eigenvalue weighted by Crippen LogP contribution is -2.55. The molecule has 0 saturated carbocycles. The first-order valence-electron chi connectivity index (χ1n) is 9.56. The van der Waals surface area contributed by atoms with Crippen LogP contribution >= 0.6 is 0 Å². The van der Waals surface area contributed by atoms with Gasteiger partial charge in [0.15, 0.2) is 0 Å². The molecule has 8 heteroatoms. The van der Waals surface area contributed by atoms with Crippen molar-refractivity contribution >= 4 is 17.7 Å². The summed E-state index contributed by atoms with van der Waals surface area (Å²) in [5.74, 6) is -0.808. The van der Waals surface area contributed by atoms with E-state index in [0.717, 1.165) is 0 Å². The van der Waals surface area contributed by atoms with E-state index >= 15 is 0 Å². The van der Waals surface area contributed by atoms with E-state index in [0.29, 0.717) is 32.4 Å². The minimum atomic E-state index is -0.787. The monoisotopic (exact) mass is 386 g/mol. The standard InChI is InChI=1S/C19H38N4O4/c1-8-9-17(24)22(6)16(13-27-11-10-21(4)5)19(26)23(7)15(18(20)25)12-14(2)3/h14-16H,8-13H2,1-7H3,(H2,20,25)/t15-,16+/m0/s1. The molecule has 0 bridgehead atoms. The number of primary amides is 1. The van der Waals surface area contributed by atoms with Crippen LogP contribution in [0.5, 0.6) is 0 Å². The highest BCUT2D eigenvalue weighted by Crippen LogP contribution is 2.14. The molecule has 0 saturated heterocycles. The Morgan fingerprint density at radius 3 is 2.04 bits per heavy atom. The van der Waals surface area contributed by atoms with Gasteiger partial charge in [-0.05, 0) is 32.9 Å². The molecule has 0 unspecified atom stereocenters. The van der Waals surface area contributed by atoms with Gasteiger partial charge in [0, 0.05) is 27.1 Å². The Bertz CT molecular complexity index is 482. The predicted octanol–water partition coefficient (Wildman–Crippen LogP) is 0.550. The van der Waals surface area contributed by atoms with Crippen molar-refractivity contribution in [3.63, 3.8) is 0 Å². The third kappa shape index (κ3) is 9.19. The smallest absolute Gasteiger partial charge is 0.248 e. The maximum atomic E-state index is 13.1. The van der Waals surface area contributed by atoms with Gasteiger partial charge in [-0.2, -0.15) is 0 Å². The van der Waals surface area contributed by atoms with Gasteiger partial charge >= 0.3 is 0 Å². The number of rotatable bonds is 13. The first-order valence-corrected chi connectivity index (χ1v) is 9.56. The van der Waals surface area contributed by atoms with Gasteiger partial charge in [-0.1, -0.05) is 20.8 Å². The van der Waals surface area contributed by atoms with Crippen LogP contribution in [-0.4, -0.2) is 92.5 Å². The zero-order valence-electron chi connectivity index (χ0n) is 18.0. The second kappa shape index (κ2) is 12.7. The predicted molar refractivity (Wildman–Crippen MR) is 106 cm³/mol. The van der Waals surface area contributed by atoms with Crippen LogP contribution in [0.15, 0.2) is 0 Å². The van der Waals surface area contributed by atoms with E-state index < -0.39 is 18.0 Å². The fourth-order valence-electron chi connectivity index (χ4n) is 2.66. The van der Waals surface area contributed by atoms with E-state index in [-0.39, 0.29) is 24.3 Å². The zero-order valence-corrected chi connectivity index (χ0v) is 18.0. The van der Waals surface area contributed by atoms with E-state index in [4.69, 9.17) is 10.5 Å². The molecule has 0 rings (SSSR count). The molecule has 0 aliphatic rings. The van der Waals surface area contributed by atoms with Crippen molar-refractivity contribution in [3.8, 4) is 0 Å². The lowest BCUT2D eigenvalue weighted by Gasteiger charge is -2.34. The van der Waals surface area contributed by atoms with Crippen LogP contribution in [-0.2, 0) is 19.1 Å². The fourth-order valence-corrected chi connectivity index (χ4v) is 2.66. The minimum absolute atomic E-state index is 0.0795. The van der Waals surface area contributed by atoms with Crippen LogP contribution in [0, 0.1) is 5.92 Å². The number of nitrogens with zero attached hydrogens (tertiary/aromatic N) is 3. The largest absolute Gasteiger partial charge is 0.377 e. The van der Waals surface area contributed by atoms with Crippen molar-refractivity contribution in [1.82, 2.24) is 14.7 Å². The van der Waals surface area contributed by atoms with Gasteiger partial charge in [0.1, 0.15) is 12.1 Å². The summed E-state index contributed by atoms with van der Waals surface area (Å²) in [5, 5.41) is 0. The summed E-state index contributed by atoms with van der Waals surface area (Å²) in [5.41, 5.74) is 5.51. The van der Waals surface area contributed by atoms with Crippen molar-refractivity contribution in [2.75, 3.05) is 47.9 Å². The number of carbonyl (C=O) groups excluding carboxylic acids is 3. The summed E-state index contributed by atoms with van der Waals surface area (Å²) in [6.07, 6.45) is 1.52. The molecule has 0 aromatic carbocycles. The highest BCUT2D eigenvalue weighted by Gasteiger charge is 2.34. The molecule has 0 radical (unpaired) electrons. The van der Waals surface area contributed by atoms with E-state index in [1.165, 1.54) is 9.80 Å². The highest BCUT2D eigenvalue weighted by molar-refractivity contribution is 5.91. The number of nitrogens with two attached hydrogens (primary N) is 1. The van der Waals surface area contributed by atoms with Gasteiger partial charge in [-0.15, -0.1) is 0 Å². The quantitative estimate of drug-likeness (QED) is 0.466. The van der Waals surface area contributed by atoms with E-state index in [9.17, 15) is 14.4 Å². The third-order valence-electron chi connectivity index (χ3n) is 4.41. The summed E-state index contributed by atoms with van der Waals surface area (Å²) in [6.45, 7) is 7.08. The van der Waals surface area contributed by atoms with Gasteiger partial charge < -0.3 is 25.2 Å². The van der Waals surface area contributed by atoms with Crippen LogP contribution in [0.3, 0.4) is 0 Å². The van der Waals surface area contributed by atoms with Gasteiger partial charge in [0.2, 0.25) is 17.7 Å². The molecule has 0 aliphatic carbocycles. The van der Waals surface area contributed by atoms with Crippen molar-refractivity contribution in [1.29, 1.82) is 0 Å². The zero-order chi connectivity index (χ0) is 21.1. The third-order valence-corrected chi connectivity index (χ3v) is 4.41. The first kappa shape index (κ1) is 25.3. The Morgan fingerprint density at radius 1 is 1.00 bits per heavy atom. The average Bonchev–Trinajstić information content (AvgIpc) is 2.57. The number of carbonyl (C=O) groups is 3. The molecule has 158 valence electrons. The fraction of sp³-hybridized carbons (Fsp3) is 0.842. The Morgan fingerprint density at radius 2 is 1.59 bits per heavy atom. The topological polar surface area (TPSA) is 96.2 Å². The van der Waals surface area contributed by atoms with Crippen LogP contribution in [0.4, 0.5) is 0 Å². The molecule has 2 N–H and O–H groups in total. The molecule has 0 aromatic rings. The molecular weight excluding hydrogens is 348 g/mol. The Hall–Kier alpha value is -1.67. The molecule has 0 spiro atoms. The first-order chi connectivity index (χ1) is 12.5. The summed E-state index contributed by atoms with van der Waals surface area (Å²) in [6, 6.07) is -1.50. The molecule has 0 aliphatic heterocycles. The van der Waals surface area contributed by atoms with E-state index in [1.54, 1.807) is 14.1 Å². The van der Waals surface area contributed by atoms with Crippen molar-refractivity contribution in [3.05, 3.63) is 0 Å². The number of hydrogen-bond donors (Lipinski definition) is 1. The second-order valence-corrected chi connectivity index (χ2v) is 7.65. The maximum Gasteiger partial charge on any atom is 0.248 e. The number of amides is 3. The average molecular weight is 387 g/mol. The minimum Gasteiger partial charge on any atom is -0.377 e. The molecular formula is C19H38N4O4. The SMILES string of the molecule is CCCC(=O)N(C)[C@H](COCCN(C)C)C(=O)N(C)[C@@H](CC(C)C)C(N)=O. The maximum absolute atomic E-state index is 13.1. The molecule has 0 fully saturated rings. The molecule has 2 atom stereocenters.